The van der Waals surface area contributed by atoms with Crippen LogP contribution in [0.3, 0.4) is 0 Å². The third-order valence-electron chi connectivity index (χ3n) is 2.67. The Balaban J connectivity index is 0.00000180. The number of nitrogens with one attached hydrogen (secondary N) is 2. The van der Waals surface area contributed by atoms with Crippen molar-refractivity contribution in [2.45, 2.75) is 12.6 Å². The normalized spacial score (nSPS) is 18.5. The summed E-state index contributed by atoms with van der Waals surface area (Å²) in [6.45, 7) is 2.11. The molecule has 1 heterocycles. The summed E-state index contributed by atoms with van der Waals surface area (Å²) in [5, 5.41) is 5.81. The predicted molar refractivity (Wildman–Crippen MR) is 75.8 cm³/mol. The molecule has 0 spiro atoms. The lowest BCUT2D eigenvalue weighted by molar-refractivity contribution is -0.134. The first kappa shape index (κ1) is 16.4. The van der Waals surface area contributed by atoms with Crippen molar-refractivity contribution in [3.8, 4) is 0 Å². The minimum atomic E-state index is -0.459. The summed E-state index contributed by atoms with van der Waals surface area (Å²) < 4.78 is 19.0. The number of hydrogen-bond donors (Lipinski definition) is 2. The molecule has 0 aromatic heterocycles. The molecule has 2 N–H and O–H groups in total. The molecule has 1 aliphatic heterocycles. The molecule has 1 saturated heterocycles. The van der Waals surface area contributed by atoms with E-state index in [1.54, 1.807) is 12.1 Å². The lowest BCUT2D eigenvalue weighted by Crippen LogP contribution is -2.47. The van der Waals surface area contributed by atoms with Crippen molar-refractivity contribution in [3.05, 3.63) is 34.1 Å². The monoisotopic (exact) mass is 352 g/mol. The highest BCUT2D eigenvalue weighted by molar-refractivity contribution is 9.10. The standard InChI is InChI=1S/C12H14BrFN2O2.ClH/c13-9-2-1-8(5-10(9)14)6-16-12(17)11-7-15-3-4-18-11;/h1-2,5,11,15H,3-4,6-7H2,(H,16,17);1H. The zero-order chi connectivity index (χ0) is 13.0. The summed E-state index contributed by atoms with van der Waals surface area (Å²) in [7, 11) is 0. The Morgan fingerprint density at radius 1 is 1.58 bits per heavy atom. The largest absolute Gasteiger partial charge is 0.366 e. The fraction of sp³-hybridized carbons (Fsp3) is 0.417. The first-order valence-electron chi connectivity index (χ1n) is 5.71. The number of rotatable bonds is 3. The van der Waals surface area contributed by atoms with E-state index in [1.807, 2.05) is 0 Å². The minimum absolute atomic E-state index is 0. The Kier molecular flexibility index (Phi) is 6.71. The summed E-state index contributed by atoms with van der Waals surface area (Å²) in [4.78, 5) is 11.7. The van der Waals surface area contributed by atoms with Crippen LogP contribution in [0.15, 0.2) is 22.7 Å². The second-order valence-corrected chi connectivity index (χ2v) is 4.88. The van der Waals surface area contributed by atoms with Gasteiger partial charge < -0.3 is 15.4 Å². The Morgan fingerprint density at radius 2 is 2.37 bits per heavy atom. The van der Waals surface area contributed by atoms with Gasteiger partial charge in [0.15, 0.2) is 0 Å². The molecule has 1 fully saturated rings. The lowest BCUT2D eigenvalue weighted by atomic mass is 10.2. The van der Waals surface area contributed by atoms with E-state index in [0.717, 1.165) is 6.54 Å². The predicted octanol–water partition coefficient (Wildman–Crippen LogP) is 1.61. The highest BCUT2D eigenvalue weighted by Crippen LogP contribution is 2.16. The quantitative estimate of drug-likeness (QED) is 0.868. The van der Waals surface area contributed by atoms with E-state index in [9.17, 15) is 9.18 Å². The van der Waals surface area contributed by atoms with Gasteiger partial charge in [0.25, 0.3) is 5.91 Å². The average molecular weight is 354 g/mol. The van der Waals surface area contributed by atoms with Gasteiger partial charge in [-0.05, 0) is 33.6 Å². The molecule has 0 saturated carbocycles. The van der Waals surface area contributed by atoms with Crippen molar-refractivity contribution in [3.63, 3.8) is 0 Å². The Hall–Kier alpha value is -0.690. The second kappa shape index (κ2) is 7.79. The summed E-state index contributed by atoms with van der Waals surface area (Å²) in [6.07, 6.45) is -0.459. The molecule has 1 amide bonds. The molecule has 2 rings (SSSR count). The van der Waals surface area contributed by atoms with Crippen LogP contribution in [0.25, 0.3) is 0 Å². The molecule has 4 nitrogen and oxygen atoms in total. The van der Waals surface area contributed by atoms with Gasteiger partial charge in [0.05, 0.1) is 11.1 Å². The van der Waals surface area contributed by atoms with Crippen LogP contribution in [0.4, 0.5) is 4.39 Å². The molecule has 0 bridgehead atoms. The molecule has 1 aromatic carbocycles. The number of ether oxygens (including phenoxy) is 1. The van der Waals surface area contributed by atoms with Crippen molar-refractivity contribution in [2.24, 2.45) is 0 Å². The lowest BCUT2D eigenvalue weighted by Gasteiger charge is -2.22. The Morgan fingerprint density at radius 3 is 3.00 bits per heavy atom. The van der Waals surface area contributed by atoms with Gasteiger partial charge in [-0.3, -0.25) is 4.79 Å². The van der Waals surface area contributed by atoms with Gasteiger partial charge in [-0.15, -0.1) is 12.4 Å². The number of hydrogen-bond acceptors (Lipinski definition) is 3. The maximum absolute atomic E-state index is 13.3. The highest BCUT2D eigenvalue weighted by Gasteiger charge is 2.21. The topological polar surface area (TPSA) is 50.4 Å². The fourth-order valence-electron chi connectivity index (χ4n) is 1.69. The molecule has 1 unspecified atom stereocenters. The van der Waals surface area contributed by atoms with Crippen LogP contribution in [0, 0.1) is 5.82 Å². The fourth-order valence-corrected chi connectivity index (χ4v) is 1.93. The van der Waals surface area contributed by atoms with Crippen LogP contribution in [0.5, 0.6) is 0 Å². The van der Waals surface area contributed by atoms with Crippen molar-refractivity contribution < 1.29 is 13.9 Å². The second-order valence-electron chi connectivity index (χ2n) is 4.03. The third-order valence-corrected chi connectivity index (χ3v) is 3.31. The molecule has 19 heavy (non-hydrogen) atoms. The number of amides is 1. The van der Waals surface area contributed by atoms with Crippen molar-refractivity contribution in [2.75, 3.05) is 19.7 Å². The summed E-state index contributed by atoms with van der Waals surface area (Å²) >= 11 is 3.08. The smallest absolute Gasteiger partial charge is 0.250 e. The zero-order valence-electron chi connectivity index (χ0n) is 10.1. The molecule has 7 heteroatoms. The number of benzene rings is 1. The maximum atomic E-state index is 13.3. The average Bonchev–Trinajstić information content (AvgIpc) is 2.41. The van der Waals surface area contributed by atoms with E-state index in [2.05, 4.69) is 26.6 Å². The highest BCUT2D eigenvalue weighted by atomic mass is 79.9. The van der Waals surface area contributed by atoms with Gasteiger partial charge in [0.1, 0.15) is 11.9 Å². The van der Waals surface area contributed by atoms with E-state index in [4.69, 9.17) is 4.74 Å². The van der Waals surface area contributed by atoms with E-state index in [-0.39, 0.29) is 24.1 Å². The molecule has 0 aliphatic carbocycles. The van der Waals surface area contributed by atoms with Gasteiger partial charge in [0, 0.05) is 19.6 Å². The van der Waals surface area contributed by atoms with E-state index in [1.165, 1.54) is 6.07 Å². The Labute approximate surface area is 125 Å². The molecular weight excluding hydrogens is 338 g/mol. The van der Waals surface area contributed by atoms with E-state index in [0.29, 0.717) is 29.7 Å². The van der Waals surface area contributed by atoms with Crippen LogP contribution in [0.1, 0.15) is 5.56 Å². The van der Waals surface area contributed by atoms with Gasteiger partial charge in [-0.2, -0.15) is 0 Å². The molecule has 1 atom stereocenters. The van der Waals surface area contributed by atoms with Gasteiger partial charge in [-0.1, -0.05) is 6.07 Å². The van der Waals surface area contributed by atoms with Crippen LogP contribution < -0.4 is 10.6 Å². The molecule has 0 radical (unpaired) electrons. The molecule has 106 valence electrons. The van der Waals surface area contributed by atoms with Crippen LogP contribution in [0.2, 0.25) is 0 Å². The first-order chi connectivity index (χ1) is 8.66. The van der Waals surface area contributed by atoms with Gasteiger partial charge in [-0.25, -0.2) is 4.39 Å². The van der Waals surface area contributed by atoms with E-state index < -0.39 is 6.10 Å². The number of carbonyl (C=O) groups is 1. The van der Waals surface area contributed by atoms with Crippen LogP contribution >= 0.6 is 28.3 Å². The zero-order valence-corrected chi connectivity index (χ0v) is 12.5. The van der Waals surface area contributed by atoms with Crippen LogP contribution in [-0.2, 0) is 16.1 Å². The summed E-state index contributed by atoms with van der Waals surface area (Å²) in [5.41, 5.74) is 0.716. The first-order valence-corrected chi connectivity index (χ1v) is 6.50. The number of halogens is 3. The summed E-state index contributed by atoms with van der Waals surface area (Å²) in [5.74, 6) is -0.511. The SMILES string of the molecule is Cl.O=C(NCc1ccc(Br)c(F)c1)C1CNCCO1. The van der Waals surface area contributed by atoms with Crippen molar-refractivity contribution in [1.29, 1.82) is 0 Å². The molecular formula is C12H15BrClFN2O2. The van der Waals surface area contributed by atoms with Crippen molar-refractivity contribution >= 4 is 34.2 Å². The minimum Gasteiger partial charge on any atom is -0.366 e. The molecule has 1 aliphatic rings. The van der Waals surface area contributed by atoms with E-state index >= 15 is 0 Å². The Bertz CT molecular complexity index is 442. The third kappa shape index (κ3) is 4.72. The number of carbonyl (C=O) groups excluding carboxylic acids is 1. The summed E-state index contributed by atoms with van der Waals surface area (Å²) in [6, 6.07) is 4.77. The van der Waals surface area contributed by atoms with Gasteiger partial charge >= 0.3 is 0 Å². The number of morpholine rings is 1. The molecule has 1 aromatic rings. The van der Waals surface area contributed by atoms with Gasteiger partial charge in [0.2, 0.25) is 0 Å². The van der Waals surface area contributed by atoms with Crippen molar-refractivity contribution in [1.82, 2.24) is 10.6 Å². The maximum Gasteiger partial charge on any atom is 0.250 e. The van der Waals surface area contributed by atoms with Crippen LogP contribution in [-0.4, -0.2) is 31.7 Å².